The van der Waals surface area contributed by atoms with Gasteiger partial charge in [-0.1, -0.05) is 59.8 Å². The fourth-order valence-electron chi connectivity index (χ4n) is 4.34. The van der Waals surface area contributed by atoms with Crippen LogP contribution in [0, 0.1) is 0 Å². The van der Waals surface area contributed by atoms with E-state index < -0.39 is 0 Å². The number of aromatic nitrogens is 4. The Morgan fingerprint density at radius 2 is 1.59 bits per heavy atom. The highest BCUT2D eigenvalue weighted by Gasteiger charge is 2.28. The van der Waals surface area contributed by atoms with Crippen molar-refractivity contribution in [3.05, 3.63) is 90.9 Å². The van der Waals surface area contributed by atoms with Gasteiger partial charge in [-0.3, -0.25) is 4.98 Å². The number of hydrogen-bond acceptors (Lipinski definition) is 4. The highest BCUT2D eigenvalue weighted by Crippen LogP contribution is 2.25. The monoisotopic (exact) mass is 423 g/mol. The Morgan fingerprint density at radius 3 is 2.38 bits per heavy atom. The van der Waals surface area contributed by atoms with Crippen LogP contribution < -0.4 is 0 Å². The first-order chi connectivity index (χ1) is 15.8. The third-order valence-corrected chi connectivity index (χ3v) is 6.07. The van der Waals surface area contributed by atoms with E-state index in [4.69, 9.17) is 0 Å². The first-order valence-corrected chi connectivity index (χ1v) is 11.1. The maximum atomic E-state index is 13.3. The molecular formula is C26H25N5O. The standard InChI is InChI=1S/C26H25N5O/c32-26(30-17-5-4-8-24(30)18-20-13-15-27-16-14-20)31-19-25(28-29-31)23-11-9-22(10-12-23)21-6-2-1-3-7-21/h1-3,6-7,9-16,19,24H,4-5,8,17-18H2. The predicted octanol–water partition coefficient (Wildman–Crippen LogP) is 5.07. The van der Waals surface area contributed by atoms with E-state index in [9.17, 15) is 4.79 Å². The highest BCUT2D eigenvalue weighted by molar-refractivity contribution is 5.77. The quantitative estimate of drug-likeness (QED) is 0.460. The average molecular weight is 424 g/mol. The van der Waals surface area contributed by atoms with Crippen LogP contribution in [0.2, 0.25) is 0 Å². The summed E-state index contributed by atoms with van der Waals surface area (Å²) in [7, 11) is 0. The Hall–Kier alpha value is -3.80. The zero-order valence-electron chi connectivity index (χ0n) is 17.8. The molecule has 1 fully saturated rings. The molecule has 4 aromatic rings. The first-order valence-electron chi connectivity index (χ1n) is 11.1. The molecule has 1 aliphatic rings. The van der Waals surface area contributed by atoms with E-state index >= 15 is 0 Å². The smallest absolute Gasteiger partial charge is 0.320 e. The van der Waals surface area contributed by atoms with Gasteiger partial charge in [-0.05, 0) is 54.5 Å². The van der Waals surface area contributed by atoms with Crippen LogP contribution in [0.1, 0.15) is 24.8 Å². The topological polar surface area (TPSA) is 63.9 Å². The van der Waals surface area contributed by atoms with Crippen LogP contribution in [-0.4, -0.2) is 43.5 Å². The lowest BCUT2D eigenvalue weighted by atomic mass is 9.96. The lowest BCUT2D eigenvalue weighted by molar-refractivity contribution is 0.149. The van der Waals surface area contributed by atoms with Gasteiger partial charge in [-0.15, -0.1) is 5.10 Å². The van der Waals surface area contributed by atoms with Gasteiger partial charge in [-0.2, -0.15) is 4.68 Å². The van der Waals surface area contributed by atoms with Crippen LogP contribution in [0.3, 0.4) is 0 Å². The molecule has 0 spiro atoms. The fraction of sp³-hybridized carbons (Fsp3) is 0.231. The molecule has 6 heteroatoms. The van der Waals surface area contributed by atoms with Crippen molar-refractivity contribution >= 4 is 6.03 Å². The summed E-state index contributed by atoms with van der Waals surface area (Å²) in [5.74, 6) is 0. The summed E-state index contributed by atoms with van der Waals surface area (Å²) in [6.07, 6.45) is 9.32. The van der Waals surface area contributed by atoms with E-state index in [-0.39, 0.29) is 12.1 Å². The lowest BCUT2D eigenvalue weighted by Crippen LogP contribution is -2.46. The number of amides is 1. The molecule has 1 amide bonds. The second-order valence-electron chi connectivity index (χ2n) is 8.18. The van der Waals surface area contributed by atoms with Crippen LogP contribution in [0.5, 0.6) is 0 Å². The van der Waals surface area contributed by atoms with Crippen LogP contribution in [0.4, 0.5) is 4.79 Å². The minimum atomic E-state index is -0.108. The largest absolute Gasteiger partial charge is 0.346 e. The Balaban J connectivity index is 1.32. The minimum absolute atomic E-state index is 0.108. The van der Waals surface area contributed by atoms with Gasteiger partial charge in [0.15, 0.2) is 0 Å². The van der Waals surface area contributed by atoms with Crippen molar-refractivity contribution in [1.29, 1.82) is 0 Å². The Bertz CT molecular complexity index is 1170. The molecule has 0 radical (unpaired) electrons. The second kappa shape index (κ2) is 9.14. The molecular weight excluding hydrogens is 398 g/mol. The van der Waals surface area contributed by atoms with E-state index in [1.165, 1.54) is 15.8 Å². The molecule has 2 aromatic carbocycles. The fourth-order valence-corrected chi connectivity index (χ4v) is 4.34. The van der Waals surface area contributed by atoms with Crippen LogP contribution in [0.15, 0.2) is 85.3 Å². The van der Waals surface area contributed by atoms with Crippen LogP contribution >= 0.6 is 0 Å². The van der Waals surface area contributed by atoms with Gasteiger partial charge in [0.2, 0.25) is 0 Å². The number of hydrogen-bond donors (Lipinski definition) is 0. The second-order valence-corrected chi connectivity index (χ2v) is 8.18. The third kappa shape index (κ3) is 4.30. The van der Waals surface area contributed by atoms with Gasteiger partial charge in [0.25, 0.3) is 0 Å². The molecule has 1 atom stereocenters. The van der Waals surface area contributed by atoms with Gasteiger partial charge >= 0.3 is 6.03 Å². The molecule has 0 N–H and O–H groups in total. The van der Waals surface area contributed by atoms with E-state index in [1.807, 2.05) is 47.4 Å². The summed E-state index contributed by atoms with van der Waals surface area (Å²) in [6.45, 7) is 0.746. The maximum Gasteiger partial charge on any atom is 0.346 e. The Kier molecular flexibility index (Phi) is 5.75. The van der Waals surface area contributed by atoms with Crippen molar-refractivity contribution < 1.29 is 4.79 Å². The molecule has 5 rings (SSSR count). The molecule has 0 bridgehead atoms. The van der Waals surface area contributed by atoms with Crippen molar-refractivity contribution in [2.24, 2.45) is 0 Å². The van der Waals surface area contributed by atoms with Crippen LogP contribution in [-0.2, 0) is 6.42 Å². The van der Waals surface area contributed by atoms with E-state index in [0.29, 0.717) is 5.69 Å². The molecule has 6 nitrogen and oxygen atoms in total. The molecule has 1 saturated heterocycles. The van der Waals surface area contributed by atoms with Gasteiger partial charge in [0, 0.05) is 30.5 Å². The maximum absolute atomic E-state index is 13.3. The number of rotatable bonds is 4. The Morgan fingerprint density at radius 1 is 0.875 bits per heavy atom. The zero-order chi connectivity index (χ0) is 21.8. The molecule has 2 aromatic heterocycles. The summed E-state index contributed by atoms with van der Waals surface area (Å²) in [5.41, 5.74) is 5.15. The lowest BCUT2D eigenvalue weighted by Gasteiger charge is -2.35. The van der Waals surface area contributed by atoms with Gasteiger partial charge in [-0.25, -0.2) is 4.79 Å². The summed E-state index contributed by atoms with van der Waals surface area (Å²) in [4.78, 5) is 19.3. The highest BCUT2D eigenvalue weighted by atomic mass is 16.2. The van der Waals surface area contributed by atoms with Crippen molar-refractivity contribution in [1.82, 2.24) is 24.9 Å². The third-order valence-electron chi connectivity index (χ3n) is 6.07. The van der Waals surface area contributed by atoms with E-state index in [1.54, 1.807) is 18.6 Å². The summed E-state index contributed by atoms with van der Waals surface area (Å²) in [5, 5.41) is 8.43. The number of piperidine rings is 1. The molecule has 1 unspecified atom stereocenters. The van der Waals surface area contributed by atoms with Gasteiger partial charge < -0.3 is 4.90 Å². The zero-order valence-corrected chi connectivity index (χ0v) is 17.8. The number of nitrogens with zero attached hydrogens (tertiary/aromatic N) is 5. The van der Waals surface area contributed by atoms with Gasteiger partial charge in [0.1, 0.15) is 5.69 Å². The van der Waals surface area contributed by atoms with Crippen molar-refractivity contribution in [2.75, 3.05) is 6.54 Å². The number of carbonyl (C=O) groups excluding carboxylic acids is 1. The Labute approximate surface area is 187 Å². The summed E-state index contributed by atoms with van der Waals surface area (Å²) < 4.78 is 1.38. The molecule has 1 aliphatic heterocycles. The molecule has 32 heavy (non-hydrogen) atoms. The number of benzene rings is 2. The van der Waals surface area contributed by atoms with E-state index in [0.717, 1.165) is 43.4 Å². The molecule has 0 saturated carbocycles. The van der Waals surface area contributed by atoms with Crippen molar-refractivity contribution in [2.45, 2.75) is 31.7 Å². The summed E-state index contributed by atoms with van der Waals surface area (Å²) in [6, 6.07) is 22.5. The van der Waals surface area contributed by atoms with Crippen molar-refractivity contribution in [3.63, 3.8) is 0 Å². The number of pyridine rings is 1. The van der Waals surface area contributed by atoms with Crippen LogP contribution in [0.25, 0.3) is 22.4 Å². The molecule has 0 aliphatic carbocycles. The predicted molar refractivity (Wildman–Crippen MR) is 124 cm³/mol. The minimum Gasteiger partial charge on any atom is -0.320 e. The van der Waals surface area contributed by atoms with E-state index in [2.05, 4.69) is 39.6 Å². The molecule has 3 heterocycles. The first kappa shape index (κ1) is 20.1. The van der Waals surface area contributed by atoms with Gasteiger partial charge in [0.05, 0.1) is 6.20 Å². The number of carbonyl (C=O) groups is 1. The molecule has 160 valence electrons. The summed E-state index contributed by atoms with van der Waals surface area (Å²) >= 11 is 0. The average Bonchev–Trinajstić information content (AvgIpc) is 3.36. The van der Waals surface area contributed by atoms with Crippen molar-refractivity contribution in [3.8, 4) is 22.4 Å². The number of likely N-dealkylation sites (tertiary alicyclic amines) is 1. The SMILES string of the molecule is O=C(N1CCCCC1Cc1ccncc1)n1cc(-c2ccc(-c3ccccc3)cc2)nn1. The normalized spacial score (nSPS) is 16.1.